The van der Waals surface area contributed by atoms with Crippen LogP contribution in [0.3, 0.4) is 0 Å². The normalized spacial score (nSPS) is 10.5. The first-order chi connectivity index (χ1) is 13.9. The molecule has 150 valence electrons. The number of nitrogens with zero attached hydrogens (tertiary/aromatic N) is 3. The first kappa shape index (κ1) is 19.6. The Balaban J connectivity index is 1.69. The number of anilines is 1. The van der Waals surface area contributed by atoms with Gasteiger partial charge in [0.25, 0.3) is 11.8 Å². The SMILES string of the molecule is CCn1cc(NC(=O)c2ccc(COc3ccccc3[N+](=O)[O-])o2)c(C(N)=O)n1. The van der Waals surface area contributed by atoms with Crippen molar-refractivity contribution in [1.29, 1.82) is 0 Å². The highest BCUT2D eigenvalue weighted by Gasteiger charge is 2.19. The molecule has 0 unspecified atom stereocenters. The summed E-state index contributed by atoms with van der Waals surface area (Å²) in [6.07, 6.45) is 1.49. The highest BCUT2D eigenvalue weighted by Crippen LogP contribution is 2.27. The lowest BCUT2D eigenvalue weighted by Gasteiger charge is -2.04. The number of ether oxygens (including phenoxy) is 1. The van der Waals surface area contributed by atoms with Crippen molar-refractivity contribution in [2.24, 2.45) is 5.73 Å². The summed E-state index contributed by atoms with van der Waals surface area (Å²) >= 11 is 0. The van der Waals surface area contributed by atoms with E-state index in [0.29, 0.717) is 6.54 Å². The second-order valence-corrected chi connectivity index (χ2v) is 5.84. The van der Waals surface area contributed by atoms with Crippen LogP contribution in [0.15, 0.2) is 47.0 Å². The Kier molecular flexibility index (Phi) is 5.58. The Morgan fingerprint density at radius 1 is 1.31 bits per heavy atom. The molecule has 0 atom stereocenters. The predicted octanol–water partition coefficient (Wildman–Crippen LogP) is 2.33. The third kappa shape index (κ3) is 4.40. The molecule has 3 rings (SSSR count). The molecule has 29 heavy (non-hydrogen) atoms. The number of furan rings is 1. The van der Waals surface area contributed by atoms with Gasteiger partial charge in [0, 0.05) is 18.8 Å². The lowest BCUT2D eigenvalue weighted by molar-refractivity contribution is -0.386. The zero-order chi connectivity index (χ0) is 21.0. The summed E-state index contributed by atoms with van der Waals surface area (Å²) in [6, 6.07) is 8.85. The smallest absolute Gasteiger partial charge is 0.310 e. The van der Waals surface area contributed by atoms with E-state index in [9.17, 15) is 19.7 Å². The van der Waals surface area contributed by atoms with Gasteiger partial charge in [-0.25, -0.2) is 0 Å². The van der Waals surface area contributed by atoms with Crippen LogP contribution in [0, 0.1) is 10.1 Å². The van der Waals surface area contributed by atoms with Gasteiger partial charge < -0.3 is 20.2 Å². The molecule has 0 fully saturated rings. The number of carbonyl (C=O) groups excluding carboxylic acids is 2. The maximum absolute atomic E-state index is 12.4. The van der Waals surface area contributed by atoms with Gasteiger partial charge in [-0.3, -0.25) is 24.4 Å². The number of hydrogen-bond donors (Lipinski definition) is 2. The molecule has 0 bridgehead atoms. The van der Waals surface area contributed by atoms with E-state index in [4.69, 9.17) is 14.9 Å². The maximum Gasteiger partial charge on any atom is 0.310 e. The third-order valence-electron chi connectivity index (χ3n) is 3.88. The number of nitrogens with two attached hydrogens (primary N) is 1. The quantitative estimate of drug-likeness (QED) is 0.435. The molecule has 1 aromatic carbocycles. The van der Waals surface area contributed by atoms with Gasteiger partial charge in [0.05, 0.1) is 10.6 Å². The van der Waals surface area contributed by atoms with Crippen LogP contribution >= 0.6 is 0 Å². The largest absolute Gasteiger partial charge is 0.479 e. The molecule has 0 aliphatic rings. The Morgan fingerprint density at radius 2 is 2.07 bits per heavy atom. The van der Waals surface area contributed by atoms with E-state index in [1.54, 1.807) is 6.07 Å². The monoisotopic (exact) mass is 399 g/mol. The molecule has 11 heteroatoms. The van der Waals surface area contributed by atoms with Crippen molar-refractivity contribution < 1.29 is 23.7 Å². The summed E-state index contributed by atoms with van der Waals surface area (Å²) < 4.78 is 12.3. The van der Waals surface area contributed by atoms with Crippen LogP contribution in [-0.2, 0) is 13.2 Å². The second kappa shape index (κ2) is 8.25. The molecule has 0 radical (unpaired) electrons. The topological polar surface area (TPSA) is 156 Å². The van der Waals surface area contributed by atoms with E-state index in [1.165, 1.54) is 41.2 Å². The highest BCUT2D eigenvalue weighted by atomic mass is 16.6. The van der Waals surface area contributed by atoms with Crippen LogP contribution < -0.4 is 15.8 Å². The van der Waals surface area contributed by atoms with Crippen LogP contribution in [0.5, 0.6) is 5.75 Å². The number of nitrogens with one attached hydrogen (secondary N) is 1. The molecule has 0 aliphatic carbocycles. The number of amides is 2. The summed E-state index contributed by atoms with van der Waals surface area (Å²) in [4.78, 5) is 34.3. The minimum Gasteiger partial charge on any atom is -0.479 e. The number of benzene rings is 1. The highest BCUT2D eigenvalue weighted by molar-refractivity contribution is 6.06. The van der Waals surface area contributed by atoms with Crippen molar-refractivity contribution in [2.75, 3.05) is 5.32 Å². The average Bonchev–Trinajstić information content (AvgIpc) is 3.33. The van der Waals surface area contributed by atoms with E-state index in [1.807, 2.05) is 6.92 Å². The lowest BCUT2D eigenvalue weighted by atomic mass is 10.3. The maximum atomic E-state index is 12.4. The molecule has 0 saturated carbocycles. The van der Waals surface area contributed by atoms with Gasteiger partial charge in [-0.1, -0.05) is 12.1 Å². The predicted molar refractivity (Wildman–Crippen MR) is 101 cm³/mol. The van der Waals surface area contributed by atoms with Gasteiger partial charge >= 0.3 is 5.69 Å². The van der Waals surface area contributed by atoms with E-state index >= 15 is 0 Å². The molecular weight excluding hydrogens is 382 g/mol. The number of hydrogen-bond acceptors (Lipinski definition) is 7. The summed E-state index contributed by atoms with van der Waals surface area (Å²) in [5.41, 5.74) is 5.20. The number of nitro benzene ring substituents is 1. The molecular formula is C18H17N5O6. The molecule has 0 aliphatic heterocycles. The first-order valence-corrected chi connectivity index (χ1v) is 8.52. The number of aryl methyl sites for hydroxylation is 1. The molecule has 2 aromatic heterocycles. The van der Waals surface area contributed by atoms with Crippen molar-refractivity contribution in [1.82, 2.24) is 9.78 Å². The minimum atomic E-state index is -0.773. The first-order valence-electron chi connectivity index (χ1n) is 8.52. The summed E-state index contributed by atoms with van der Waals surface area (Å²) in [5, 5.41) is 17.5. The average molecular weight is 399 g/mol. The van der Waals surface area contributed by atoms with E-state index in [-0.39, 0.29) is 40.9 Å². The van der Waals surface area contributed by atoms with Crippen molar-refractivity contribution in [3.63, 3.8) is 0 Å². The molecule has 2 amide bonds. The van der Waals surface area contributed by atoms with Gasteiger partial charge in [0.2, 0.25) is 0 Å². The van der Waals surface area contributed by atoms with Crippen molar-refractivity contribution >= 4 is 23.2 Å². The fourth-order valence-electron chi connectivity index (χ4n) is 2.50. The summed E-state index contributed by atoms with van der Waals surface area (Å²) in [5.74, 6) is -1.05. The van der Waals surface area contributed by atoms with Gasteiger partial charge in [-0.05, 0) is 25.1 Å². The van der Waals surface area contributed by atoms with Gasteiger partial charge in [-0.15, -0.1) is 0 Å². The number of rotatable bonds is 8. The summed E-state index contributed by atoms with van der Waals surface area (Å²) in [7, 11) is 0. The molecule has 0 saturated heterocycles. The van der Waals surface area contributed by atoms with E-state index in [2.05, 4.69) is 10.4 Å². The Morgan fingerprint density at radius 3 is 2.76 bits per heavy atom. The zero-order valence-electron chi connectivity index (χ0n) is 15.3. The van der Waals surface area contributed by atoms with Crippen molar-refractivity contribution in [3.05, 3.63) is 69.9 Å². The fourth-order valence-corrected chi connectivity index (χ4v) is 2.50. The minimum absolute atomic E-state index is 0.0363. The molecule has 0 spiro atoms. The number of carbonyl (C=O) groups is 2. The number of para-hydroxylation sites is 2. The number of primary amides is 1. The molecule has 2 heterocycles. The van der Waals surface area contributed by atoms with E-state index < -0.39 is 16.7 Å². The Hall–Kier alpha value is -4.15. The lowest BCUT2D eigenvalue weighted by Crippen LogP contribution is -2.17. The zero-order valence-corrected chi connectivity index (χ0v) is 15.3. The molecule has 3 N–H and O–H groups in total. The van der Waals surface area contributed by atoms with Crippen LogP contribution in [-0.4, -0.2) is 26.5 Å². The molecule has 11 nitrogen and oxygen atoms in total. The van der Waals surface area contributed by atoms with Crippen LogP contribution in [0.4, 0.5) is 11.4 Å². The number of nitro groups is 1. The van der Waals surface area contributed by atoms with Crippen molar-refractivity contribution in [3.8, 4) is 5.75 Å². The van der Waals surface area contributed by atoms with Gasteiger partial charge in [0.15, 0.2) is 17.2 Å². The van der Waals surface area contributed by atoms with Crippen LogP contribution in [0.1, 0.15) is 33.7 Å². The Labute approximate surface area is 164 Å². The standard InChI is InChI=1S/C18H17N5O6/c1-2-22-9-12(16(21-22)17(19)24)20-18(25)15-8-7-11(29-15)10-28-14-6-4-3-5-13(14)23(26)27/h3-9H,2,10H2,1H3,(H2,19,24)(H,20,25). The third-order valence-corrected chi connectivity index (χ3v) is 3.88. The van der Waals surface area contributed by atoms with E-state index in [0.717, 1.165) is 0 Å². The van der Waals surface area contributed by atoms with Crippen molar-refractivity contribution in [2.45, 2.75) is 20.1 Å². The van der Waals surface area contributed by atoms with Gasteiger partial charge in [0.1, 0.15) is 12.4 Å². The summed E-state index contributed by atoms with van der Waals surface area (Å²) in [6.45, 7) is 2.20. The Bertz CT molecular complexity index is 1070. The number of aromatic nitrogens is 2. The van der Waals surface area contributed by atoms with Gasteiger partial charge in [-0.2, -0.15) is 5.10 Å². The van der Waals surface area contributed by atoms with Crippen LogP contribution in [0.2, 0.25) is 0 Å². The second-order valence-electron chi connectivity index (χ2n) is 5.84. The molecule has 3 aromatic rings. The van der Waals surface area contributed by atoms with Crippen LogP contribution in [0.25, 0.3) is 0 Å². The fraction of sp³-hybridized carbons (Fsp3) is 0.167.